The number of hydrogen-bond donors (Lipinski definition) is 2. The Morgan fingerprint density at radius 1 is 1.60 bits per heavy atom. The summed E-state index contributed by atoms with van der Waals surface area (Å²) in [5.41, 5.74) is 5.51. The van der Waals surface area contributed by atoms with Gasteiger partial charge >= 0.3 is 0 Å². The molecule has 15 heavy (non-hydrogen) atoms. The molecule has 1 aromatic heterocycles. The molecule has 0 aliphatic rings. The van der Waals surface area contributed by atoms with Gasteiger partial charge in [-0.25, -0.2) is 4.98 Å². The van der Waals surface area contributed by atoms with E-state index in [9.17, 15) is 0 Å². The molecule has 0 fully saturated rings. The predicted molar refractivity (Wildman–Crippen MR) is 60.0 cm³/mol. The van der Waals surface area contributed by atoms with Crippen molar-refractivity contribution in [3.05, 3.63) is 12.3 Å². The minimum Gasteiger partial charge on any atom is -0.481 e. The maximum atomic E-state index is 5.69. The van der Waals surface area contributed by atoms with E-state index in [2.05, 4.69) is 22.2 Å². The molecule has 5 nitrogen and oxygen atoms in total. The lowest BCUT2D eigenvalue weighted by atomic mass is 10.00. The predicted octanol–water partition coefficient (Wildman–Crippen LogP) is 1.02. The quantitative estimate of drug-likeness (QED) is 0.759. The fraction of sp³-hybridized carbons (Fsp3) is 0.600. The molecule has 0 spiro atoms. The van der Waals surface area contributed by atoms with E-state index in [-0.39, 0.29) is 5.54 Å². The number of rotatable bonds is 5. The van der Waals surface area contributed by atoms with Crippen molar-refractivity contribution in [3.8, 4) is 5.88 Å². The highest BCUT2D eigenvalue weighted by Crippen LogP contribution is 2.15. The summed E-state index contributed by atoms with van der Waals surface area (Å²) in [6.07, 6.45) is 2.56. The fourth-order valence-corrected chi connectivity index (χ4v) is 1.07. The van der Waals surface area contributed by atoms with Crippen molar-refractivity contribution in [2.45, 2.75) is 25.8 Å². The van der Waals surface area contributed by atoms with Crippen LogP contribution in [0.25, 0.3) is 0 Å². The molecule has 0 saturated heterocycles. The Morgan fingerprint density at radius 3 is 2.87 bits per heavy atom. The first-order chi connectivity index (χ1) is 7.13. The van der Waals surface area contributed by atoms with Gasteiger partial charge in [-0.05, 0) is 13.3 Å². The van der Waals surface area contributed by atoms with E-state index < -0.39 is 0 Å². The number of nitrogens with two attached hydrogens (primary N) is 1. The Balaban J connectivity index is 2.79. The molecule has 0 aromatic carbocycles. The van der Waals surface area contributed by atoms with Crippen LogP contribution in [-0.2, 0) is 0 Å². The average Bonchev–Trinajstić information content (AvgIpc) is 2.29. The van der Waals surface area contributed by atoms with E-state index in [1.54, 1.807) is 19.4 Å². The van der Waals surface area contributed by atoms with Crippen molar-refractivity contribution in [3.63, 3.8) is 0 Å². The van der Waals surface area contributed by atoms with E-state index in [4.69, 9.17) is 10.5 Å². The maximum Gasteiger partial charge on any atom is 0.226 e. The zero-order chi connectivity index (χ0) is 11.3. The Morgan fingerprint density at radius 2 is 2.33 bits per heavy atom. The van der Waals surface area contributed by atoms with Gasteiger partial charge < -0.3 is 15.8 Å². The van der Waals surface area contributed by atoms with Crippen molar-refractivity contribution in [2.24, 2.45) is 5.73 Å². The first kappa shape index (κ1) is 11.7. The SMILES string of the molecule is CCC(C)(CN)Nc1nccc(OC)n1. The normalized spacial score (nSPS) is 14.4. The summed E-state index contributed by atoms with van der Waals surface area (Å²) in [5.74, 6) is 1.09. The Labute approximate surface area is 90.1 Å². The molecule has 0 radical (unpaired) electrons. The Bertz CT molecular complexity index is 312. The van der Waals surface area contributed by atoms with Crippen LogP contribution >= 0.6 is 0 Å². The first-order valence-corrected chi connectivity index (χ1v) is 4.99. The van der Waals surface area contributed by atoms with Crippen LogP contribution in [0.2, 0.25) is 0 Å². The van der Waals surface area contributed by atoms with Gasteiger partial charge in [0, 0.05) is 24.3 Å². The van der Waals surface area contributed by atoms with Gasteiger partial charge in [-0.3, -0.25) is 0 Å². The zero-order valence-electron chi connectivity index (χ0n) is 9.45. The van der Waals surface area contributed by atoms with E-state index in [0.717, 1.165) is 6.42 Å². The van der Waals surface area contributed by atoms with Gasteiger partial charge in [0.1, 0.15) is 0 Å². The number of methoxy groups -OCH3 is 1. The molecule has 3 N–H and O–H groups in total. The van der Waals surface area contributed by atoms with Crippen LogP contribution in [0.1, 0.15) is 20.3 Å². The molecular weight excluding hydrogens is 192 g/mol. The van der Waals surface area contributed by atoms with Gasteiger partial charge in [-0.1, -0.05) is 6.92 Å². The number of ether oxygens (including phenoxy) is 1. The summed E-state index contributed by atoms with van der Waals surface area (Å²) in [6.45, 7) is 4.64. The van der Waals surface area contributed by atoms with Crippen LogP contribution in [0.5, 0.6) is 5.88 Å². The highest BCUT2D eigenvalue weighted by molar-refractivity contribution is 5.31. The van der Waals surface area contributed by atoms with Crippen molar-refractivity contribution in [1.29, 1.82) is 0 Å². The van der Waals surface area contributed by atoms with Gasteiger partial charge in [0.25, 0.3) is 0 Å². The van der Waals surface area contributed by atoms with Crippen LogP contribution in [0.4, 0.5) is 5.95 Å². The number of nitrogens with one attached hydrogen (secondary N) is 1. The van der Waals surface area contributed by atoms with E-state index in [1.807, 2.05) is 6.92 Å². The number of hydrogen-bond acceptors (Lipinski definition) is 5. The van der Waals surface area contributed by atoms with Crippen LogP contribution in [-0.4, -0.2) is 29.2 Å². The van der Waals surface area contributed by atoms with Gasteiger partial charge in [0.2, 0.25) is 11.8 Å². The molecule has 1 rings (SSSR count). The molecule has 0 bridgehead atoms. The first-order valence-electron chi connectivity index (χ1n) is 4.99. The molecule has 0 saturated carbocycles. The summed E-state index contributed by atoms with van der Waals surface area (Å²) in [7, 11) is 1.58. The van der Waals surface area contributed by atoms with Gasteiger partial charge in [-0.2, -0.15) is 4.98 Å². The monoisotopic (exact) mass is 210 g/mol. The topological polar surface area (TPSA) is 73.1 Å². The third kappa shape index (κ3) is 3.06. The molecule has 84 valence electrons. The zero-order valence-corrected chi connectivity index (χ0v) is 9.45. The summed E-state index contributed by atoms with van der Waals surface area (Å²) < 4.78 is 5.01. The second-order valence-electron chi connectivity index (χ2n) is 3.67. The summed E-state index contributed by atoms with van der Waals surface area (Å²) in [4.78, 5) is 8.28. The van der Waals surface area contributed by atoms with Crippen molar-refractivity contribution in [1.82, 2.24) is 9.97 Å². The minimum atomic E-state index is -0.174. The third-order valence-corrected chi connectivity index (χ3v) is 2.48. The van der Waals surface area contributed by atoms with E-state index >= 15 is 0 Å². The largest absolute Gasteiger partial charge is 0.481 e. The standard InChI is InChI=1S/C10H18N4O/c1-4-10(2,7-11)14-9-12-6-5-8(13-9)15-3/h5-6H,4,7,11H2,1-3H3,(H,12,13,14). The lowest BCUT2D eigenvalue weighted by Gasteiger charge is -2.27. The van der Waals surface area contributed by atoms with Crippen LogP contribution < -0.4 is 15.8 Å². The molecule has 0 aliphatic carbocycles. The highest BCUT2D eigenvalue weighted by Gasteiger charge is 2.20. The molecule has 5 heteroatoms. The van der Waals surface area contributed by atoms with Crippen molar-refractivity contribution < 1.29 is 4.74 Å². The molecule has 0 amide bonds. The molecule has 0 aliphatic heterocycles. The molecule has 1 unspecified atom stereocenters. The number of aromatic nitrogens is 2. The molecule has 1 aromatic rings. The molecule has 1 heterocycles. The van der Waals surface area contributed by atoms with Crippen molar-refractivity contribution >= 4 is 5.95 Å². The summed E-state index contributed by atoms with van der Waals surface area (Å²) >= 11 is 0. The van der Waals surface area contributed by atoms with Crippen LogP contribution in [0.15, 0.2) is 12.3 Å². The average molecular weight is 210 g/mol. The van der Waals surface area contributed by atoms with E-state index in [1.165, 1.54) is 0 Å². The van der Waals surface area contributed by atoms with Crippen LogP contribution in [0, 0.1) is 0 Å². The fourth-order valence-electron chi connectivity index (χ4n) is 1.07. The second kappa shape index (κ2) is 4.93. The smallest absolute Gasteiger partial charge is 0.226 e. The lowest BCUT2D eigenvalue weighted by molar-refractivity contribution is 0.396. The number of anilines is 1. The Kier molecular flexibility index (Phi) is 3.85. The molecule has 1 atom stereocenters. The second-order valence-corrected chi connectivity index (χ2v) is 3.67. The van der Waals surface area contributed by atoms with Gasteiger partial charge in [-0.15, -0.1) is 0 Å². The van der Waals surface area contributed by atoms with Crippen LogP contribution in [0.3, 0.4) is 0 Å². The lowest BCUT2D eigenvalue weighted by Crippen LogP contribution is -2.42. The van der Waals surface area contributed by atoms with Gasteiger partial charge in [0.15, 0.2) is 0 Å². The third-order valence-electron chi connectivity index (χ3n) is 2.48. The number of nitrogens with zero attached hydrogens (tertiary/aromatic N) is 2. The molecular formula is C10H18N4O. The minimum absolute atomic E-state index is 0.174. The highest BCUT2D eigenvalue weighted by atomic mass is 16.5. The van der Waals surface area contributed by atoms with Gasteiger partial charge in [0.05, 0.1) is 7.11 Å². The maximum absolute atomic E-state index is 5.69. The van der Waals surface area contributed by atoms with E-state index in [0.29, 0.717) is 18.4 Å². The summed E-state index contributed by atoms with van der Waals surface area (Å²) in [6, 6.07) is 1.71. The summed E-state index contributed by atoms with van der Waals surface area (Å²) in [5, 5.41) is 3.20. The Hall–Kier alpha value is -1.36. The van der Waals surface area contributed by atoms with Crippen molar-refractivity contribution in [2.75, 3.05) is 19.0 Å².